The van der Waals surface area contributed by atoms with Crippen molar-refractivity contribution in [3.8, 4) is 11.3 Å². The maximum atomic E-state index is 12.6. The summed E-state index contributed by atoms with van der Waals surface area (Å²) >= 11 is 0. The highest BCUT2D eigenvalue weighted by Crippen LogP contribution is 2.21. The highest BCUT2D eigenvalue weighted by atomic mass is 16.1. The fourth-order valence-electron chi connectivity index (χ4n) is 2.96. The van der Waals surface area contributed by atoms with Crippen molar-refractivity contribution >= 4 is 5.91 Å². The summed E-state index contributed by atoms with van der Waals surface area (Å²) in [6.07, 6.45) is 4.28. The molecule has 25 heavy (non-hydrogen) atoms. The van der Waals surface area contributed by atoms with Gasteiger partial charge in [0.1, 0.15) is 0 Å². The average molecular weight is 334 g/mol. The van der Waals surface area contributed by atoms with Crippen LogP contribution in [0.3, 0.4) is 0 Å². The van der Waals surface area contributed by atoms with Crippen molar-refractivity contribution in [2.24, 2.45) is 7.05 Å². The lowest BCUT2D eigenvalue weighted by atomic mass is 9.96. The zero-order chi connectivity index (χ0) is 17.6. The number of amides is 1. The number of nitrogens with zero attached hydrogens (tertiary/aromatic N) is 3. The number of nitrogens with one attached hydrogen (secondary N) is 1. The Morgan fingerprint density at radius 3 is 2.56 bits per heavy atom. The van der Waals surface area contributed by atoms with Crippen molar-refractivity contribution in [3.05, 3.63) is 72.2 Å². The highest BCUT2D eigenvalue weighted by molar-refractivity contribution is 5.83. The third-order valence-electron chi connectivity index (χ3n) is 4.28. The first-order chi connectivity index (χ1) is 12.2. The first-order valence-corrected chi connectivity index (χ1v) is 8.45. The van der Waals surface area contributed by atoms with Gasteiger partial charge in [-0.1, -0.05) is 37.3 Å². The fraction of sp³-hybridized carbons (Fsp3) is 0.250. The minimum atomic E-state index is -0.135. The van der Waals surface area contributed by atoms with Crippen molar-refractivity contribution in [1.29, 1.82) is 0 Å². The van der Waals surface area contributed by atoms with Crippen LogP contribution in [0, 0.1) is 0 Å². The molecule has 1 aromatic carbocycles. The standard InChI is InChI=1S/C20H22N4O/c1-3-18(15-7-5-4-6-8-15)20(25)22-14-17-13-19(24(2)23-17)16-9-11-21-12-10-16/h4-13,18H,3,14H2,1-2H3,(H,22,25). The van der Waals surface area contributed by atoms with Crippen LogP contribution in [0.1, 0.15) is 30.5 Å². The summed E-state index contributed by atoms with van der Waals surface area (Å²) in [6.45, 7) is 2.45. The van der Waals surface area contributed by atoms with Gasteiger partial charge in [0.05, 0.1) is 23.9 Å². The minimum absolute atomic E-state index is 0.0322. The van der Waals surface area contributed by atoms with Gasteiger partial charge in [-0.25, -0.2) is 0 Å². The molecule has 3 aromatic rings. The Morgan fingerprint density at radius 1 is 1.16 bits per heavy atom. The van der Waals surface area contributed by atoms with E-state index in [9.17, 15) is 4.79 Å². The van der Waals surface area contributed by atoms with E-state index in [1.54, 1.807) is 12.4 Å². The molecule has 0 aliphatic rings. The van der Waals surface area contributed by atoms with Gasteiger partial charge in [-0.05, 0) is 30.2 Å². The summed E-state index contributed by atoms with van der Waals surface area (Å²) in [5, 5.41) is 7.51. The molecule has 0 aliphatic carbocycles. The molecule has 128 valence electrons. The molecule has 0 bridgehead atoms. The Hall–Kier alpha value is -2.95. The average Bonchev–Trinajstić information content (AvgIpc) is 3.03. The number of hydrogen-bond acceptors (Lipinski definition) is 3. The van der Waals surface area contributed by atoms with Crippen molar-refractivity contribution in [2.75, 3.05) is 0 Å². The number of carbonyl (C=O) groups is 1. The maximum absolute atomic E-state index is 12.6. The normalized spacial score (nSPS) is 11.9. The summed E-state index contributed by atoms with van der Waals surface area (Å²) in [7, 11) is 1.90. The Morgan fingerprint density at radius 2 is 1.88 bits per heavy atom. The van der Waals surface area contributed by atoms with E-state index in [2.05, 4.69) is 15.4 Å². The van der Waals surface area contributed by atoms with Gasteiger partial charge >= 0.3 is 0 Å². The summed E-state index contributed by atoms with van der Waals surface area (Å²) in [5.74, 6) is -0.102. The molecular formula is C20H22N4O. The Kier molecular flexibility index (Phi) is 5.23. The largest absolute Gasteiger partial charge is 0.350 e. The smallest absolute Gasteiger partial charge is 0.227 e. The number of aromatic nitrogens is 3. The van der Waals surface area contributed by atoms with Crippen molar-refractivity contribution < 1.29 is 4.79 Å². The van der Waals surface area contributed by atoms with Crippen LogP contribution in [0.15, 0.2) is 60.9 Å². The van der Waals surface area contributed by atoms with Gasteiger partial charge in [0.15, 0.2) is 0 Å². The quantitative estimate of drug-likeness (QED) is 0.752. The molecule has 2 heterocycles. The molecule has 0 spiro atoms. The van der Waals surface area contributed by atoms with Crippen LogP contribution < -0.4 is 5.32 Å². The molecule has 2 aromatic heterocycles. The molecule has 0 saturated carbocycles. The van der Waals surface area contributed by atoms with Crippen LogP contribution in [0.2, 0.25) is 0 Å². The molecule has 5 heteroatoms. The van der Waals surface area contributed by atoms with E-state index in [-0.39, 0.29) is 11.8 Å². The van der Waals surface area contributed by atoms with Crippen LogP contribution in [0.4, 0.5) is 0 Å². The number of rotatable bonds is 6. The predicted molar refractivity (Wildman–Crippen MR) is 97.8 cm³/mol. The van der Waals surface area contributed by atoms with E-state index < -0.39 is 0 Å². The third-order valence-corrected chi connectivity index (χ3v) is 4.28. The van der Waals surface area contributed by atoms with Gasteiger partial charge in [0, 0.05) is 25.0 Å². The van der Waals surface area contributed by atoms with E-state index in [1.165, 1.54) is 0 Å². The molecule has 1 unspecified atom stereocenters. The molecule has 0 aliphatic heterocycles. The van der Waals surface area contributed by atoms with Crippen LogP contribution >= 0.6 is 0 Å². The second kappa shape index (κ2) is 7.75. The lowest BCUT2D eigenvalue weighted by molar-refractivity contribution is -0.122. The van der Waals surface area contributed by atoms with Gasteiger partial charge in [0.2, 0.25) is 5.91 Å². The summed E-state index contributed by atoms with van der Waals surface area (Å²) in [5.41, 5.74) is 3.94. The molecule has 0 fully saturated rings. The maximum Gasteiger partial charge on any atom is 0.227 e. The molecule has 0 saturated heterocycles. The number of pyridine rings is 1. The fourth-order valence-corrected chi connectivity index (χ4v) is 2.96. The van der Waals surface area contributed by atoms with E-state index in [0.717, 1.165) is 28.9 Å². The molecule has 1 amide bonds. The van der Waals surface area contributed by atoms with Crippen LogP contribution in [0.5, 0.6) is 0 Å². The predicted octanol–water partition coefficient (Wildman–Crippen LogP) is 3.29. The minimum Gasteiger partial charge on any atom is -0.350 e. The Bertz CT molecular complexity index is 827. The van der Waals surface area contributed by atoms with E-state index in [0.29, 0.717) is 6.54 Å². The second-order valence-electron chi connectivity index (χ2n) is 5.97. The van der Waals surface area contributed by atoms with Gasteiger partial charge in [0.25, 0.3) is 0 Å². The summed E-state index contributed by atoms with van der Waals surface area (Å²) < 4.78 is 1.82. The summed E-state index contributed by atoms with van der Waals surface area (Å²) in [4.78, 5) is 16.6. The van der Waals surface area contributed by atoms with Gasteiger partial charge in [-0.15, -0.1) is 0 Å². The van der Waals surface area contributed by atoms with E-state index in [4.69, 9.17) is 0 Å². The topological polar surface area (TPSA) is 59.8 Å². The molecule has 0 radical (unpaired) electrons. The number of hydrogen-bond donors (Lipinski definition) is 1. The Balaban J connectivity index is 1.68. The molecular weight excluding hydrogens is 312 g/mol. The monoisotopic (exact) mass is 334 g/mol. The Labute approximate surface area is 147 Å². The second-order valence-corrected chi connectivity index (χ2v) is 5.97. The zero-order valence-corrected chi connectivity index (χ0v) is 14.5. The lowest BCUT2D eigenvalue weighted by Gasteiger charge is -2.14. The van der Waals surface area contributed by atoms with Crippen LogP contribution in [0.25, 0.3) is 11.3 Å². The summed E-state index contributed by atoms with van der Waals surface area (Å²) in [6, 6.07) is 15.8. The van der Waals surface area contributed by atoms with Crippen LogP contribution in [-0.2, 0) is 18.4 Å². The van der Waals surface area contributed by atoms with E-state index >= 15 is 0 Å². The first-order valence-electron chi connectivity index (χ1n) is 8.45. The van der Waals surface area contributed by atoms with E-state index in [1.807, 2.05) is 67.2 Å². The number of carbonyl (C=O) groups excluding carboxylic acids is 1. The van der Waals surface area contributed by atoms with Crippen molar-refractivity contribution in [1.82, 2.24) is 20.1 Å². The van der Waals surface area contributed by atoms with Gasteiger partial charge in [-0.3, -0.25) is 14.5 Å². The molecule has 1 N–H and O–H groups in total. The molecule has 3 rings (SSSR count). The molecule has 1 atom stereocenters. The number of benzene rings is 1. The van der Waals surface area contributed by atoms with Gasteiger partial charge < -0.3 is 5.32 Å². The highest BCUT2D eigenvalue weighted by Gasteiger charge is 2.18. The molecule has 5 nitrogen and oxygen atoms in total. The SMILES string of the molecule is CCC(C(=O)NCc1cc(-c2ccncc2)n(C)n1)c1ccccc1. The lowest BCUT2D eigenvalue weighted by Crippen LogP contribution is -2.28. The van der Waals surface area contributed by atoms with Crippen molar-refractivity contribution in [2.45, 2.75) is 25.8 Å². The van der Waals surface area contributed by atoms with Crippen molar-refractivity contribution in [3.63, 3.8) is 0 Å². The van der Waals surface area contributed by atoms with Gasteiger partial charge in [-0.2, -0.15) is 5.10 Å². The zero-order valence-electron chi connectivity index (χ0n) is 14.5. The first kappa shape index (κ1) is 16.9. The van der Waals surface area contributed by atoms with Crippen LogP contribution in [-0.4, -0.2) is 20.7 Å². The third kappa shape index (κ3) is 3.94. The number of aryl methyl sites for hydroxylation is 1.